The molecule has 2 aromatic heterocycles. The second kappa shape index (κ2) is 11.6. The summed E-state index contributed by atoms with van der Waals surface area (Å²) in [5, 5.41) is 16.7. The van der Waals surface area contributed by atoms with Gasteiger partial charge in [0.2, 0.25) is 16.0 Å². The van der Waals surface area contributed by atoms with Crippen LogP contribution in [0.5, 0.6) is 0 Å². The number of aromatic nitrogens is 3. The van der Waals surface area contributed by atoms with Gasteiger partial charge in [0.15, 0.2) is 5.82 Å². The van der Waals surface area contributed by atoms with Gasteiger partial charge in [-0.15, -0.1) is 11.3 Å². The average Bonchev–Trinajstić information content (AvgIpc) is 3.31. The van der Waals surface area contributed by atoms with Crippen LogP contribution >= 0.6 is 11.3 Å². The minimum absolute atomic E-state index is 0.0782. The number of aliphatic hydroxyl groups is 1. The van der Waals surface area contributed by atoms with Gasteiger partial charge >= 0.3 is 0 Å². The lowest BCUT2D eigenvalue weighted by Crippen LogP contribution is -2.26. The number of piperidine rings is 1. The van der Waals surface area contributed by atoms with Gasteiger partial charge in [-0.25, -0.2) is 27.8 Å². The fraction of sp³-hybridized carbons (Fsp3) is 0.458. The van der Waals surface area contributed by atoms with Gasteiger partial charge in [0.25, 0.3) is 0 Å². The summed E-state index contributed by atoms with van der Waals surface area (Å²) >= 11 is 1.47. The molecule has 1 aromatic carbocycles. The number of anilines is 2. The largest absolute Gasteiger partial charge is 0.394 e. The molecule has 0 unspecified atom stereocenters. The van der Waals surface area contributed by atoms with Crippen molar-refractivity contribution in [2.45, 2.75) is 45.1 Å². The zero-order valence-electron chi connectivity index (χ0n) is 20.3. The Bertz CT molecular complexity index is 1290. The normalized spacial score (nSPS) is 15.6. The summed E-state index contributed by atoms with van der Waals surface area (Å²) < 4.78 is 42.7. The Balaban J connectivity index is 1.80. The number of hydrogen-bond donors (Lipinski definition) is 4. The number of nitrogens with zero attached hydrogens (tertiary/aromatic N) is 3. The second-order valence-corrected chi connectivity index (χ2v) is 11.7. The Morgan fingerprint density at radius 3 is 2.75 bits per heavy atom. The summed E-state index contributed by atoms with van der Waals surface area (Å²) in [4.78, 5) is 14.4. The molecule has 1 fully saturated rings. The van der Waals surface area contributed by atoms with Crippen LogP contribution in [0.15, 0.2) is 30.5 Å². The molecule has 0 saturated carbocycles. The maximum atomic E-state index is 15.7. The van der Waals surface area contributed by atoms with Crippen LogP contribution in [0, 0.1) is 5.82 Å². The van der Waals surface area contributed by atoms with Crippen molar-refractivity contribution in [3.05, 3.63) is 41.3 Å². The Morgan fingerprint density at radius 2 is 2.03 bits per heavy atom. The standard InChI is InChI=1S/C24H31FN6O3S2/c1-3-13-36(33,34)31-18-6-4-5-17(20(18)25)21-22(35-23(30-21)16-7-10-26-11-8-16)19-9-12-27-24(29-19)28-15(2)14-32/h4-6,9,12,15-16,26,31-32H,3,7-8,10-11,13-14H2,1-2H3,(H,27,28,29)/t15-/m1/s1. The third kappa shape index (κ3) is 6.17. The van der Waals surface area contributed by atoms with E-state index < -0.39 is 15.8 Å². The van der Waals surface area contributed by atoms with E-state index in [9.17, 15) is 13.5 Å². The van der Waals surface area contributed by atoms with Crippen molar-refractivity contribution >= 4 is 33.0 Å². The number of hydrogen-bond acceptors (Lipinski definition) is 9. The lowest BCUT2D eigenvalue weighted by atomic mass is 9.99. The first-order chi connectivity index (χ1) is 17.3. The highest BCUT2D eigenvalue weighted by molar-refractivity contribution is 7.92. The molecule has 194 valence electrons. The van der Waals surface area contributed by atoms with Crippen LogP contribution in [0.25, 0.3) is 21.8 Å². The van der Waals surface area contributed by atoms with Gasteiger partial charge in [-0.3, -0.25) is 4.72 Å². The van der Waals surface area contributed by atoms with E-state index >= 15 is 4.39 Å². The molecule has 3 aromatic rings. The number of sulfonamides is 1. The van der Waals surface area contributed by atoms with Crippen molar-refractivity contribution in [3.63, 3.8) is 0 Å². The quantitative estimate of drug-likeness (QED) is 0.309. The molecule has 0 spiro atoms. The van der Waals surface area contributed by atoms with Gasteiger partial charge in [-0.2, -0.15) is 0 Å². The smallest absolute Gasteiger partial charge is 0.232 e. The third-order valence-corrected chi connectivity index (χ3v) is 8.58. The second-order valence-electron chi connectivity index (χ2n) is 8.84. The van der Waals surface area contributed by atoms with Gasteiger partial charge in [0, 0.05) is 23.7 Å². The lowest BCUT2D eigenvalue weighted by molar-refractivity contribution is 0.281. The van der Waals surface area contributed by atoms with Crippen molar-refractivity contribution in [1.82, 2.24) is 20.3 Å². The molecular weight excluding hydrogens is 503 g/mol. The molecule has 9 nitrogen and oxygen atoms in total. The molecule has 0 bridgehead atoms. The zero-order chi connectivity index (χ0) is 25.7. The monoisotopic (exact) mass is 534 g/mol. The number of rotatable bonds is 10. The van der Waals surface area contributed by atoms with Crippen molar-refractivity contribution < 1.29 is 17.9 Å². The van der Waals surface area contributed by atoms with Gasteiger partial charge in [-0.1, -0.05) is 13.0 Å². The highest BCUT2D eigenvalue weighted by Gasteiger charge is 2.26. The first-order valence-electron chi connectivity index (χ1n) is 12.0. The summed E-state index contributed by atoms with van der Waals surface area (Å²) in [6.45, 7) is 5.26. The topological polar surface area (TPSA) is 129 Å². The molecule has 1 aliphatic rings. The minimum atomic E-state index is -3.66. The van der Waals surface area contributed by atoms with Crippen LogP contribution in [0.4, 0.5) is 16.0 Å². The van der Waals surface area contributed by atoms with E-state index in [-0.39, 0.29) is 35.6 Å². The molecule has 4 rings (SSSR count). The Kier molecular flexibility index (Phi) is 8.50. The number of aliphatic hydroxyl groups excluding tert-OH is 1. The SMILES string of the molecule is CCCS(=O)(=O)Nc1cccc(-c2nc(C3CCNCC3)sc2-c2ccnc(N[C@H](C)CO)n2)c1F. The summed E-state index contributed by atoms with van der Waals surface area (Å²) in [5.74, 6) is -0.186. The van der Waals surface area contributed by atoms with Crippen molar-refractivity contribution in [1.29, 1.82) is 0 Å². The van der Waals surface area contributed by atoms with Crippen molar-refractivity contribution in [2.24, 2.45) is 0 Å². The van der Waals surface area contributed by atoms with Crippen molar-refractivity contribution in [2.75, 3.05) is 35.5 Å². The fourth-order valence-corrected chi connectivity index (χ4v) is 6.39. The number of thiazole rings is 1. The summed E-state index contributed by atoms with van der Waals surface area (Å²) in [6, 6.07) is 6.13. The molecule has 12 heteroatoms. The maximum Gasteiger partial charge on any atom is 0.232 e. The molecule has 3 heterocycles. The van der Waals surface area contributed by atoms with Crippen LogP contribution < -0.4 is 15.4 Å². The average molecular weight is 535 g/mol. The molecule has 0 aliphatic carbocycles. The Morgan fingerprint density at radius 1 is 1.25 bits per heavy atom. The highest BCUT2D eigenvalue weighted by Crippen LogP contribution is 2.42. The third-order valence-electron chi connectivity index (χ3n) is 5.86. The minimum Gasteiger partial charge on any atom is -0.394 e. The van der Waals surface area contributed by atoms with Gasteiger partial charge in [0.1, 0.15) is 0 Å². The molecule has 4 N–H and O–H groups in total. The maximum absolute atomic E-state index is 15.7. The van der Waals surface area contributed by atoms with E-state index in [0.717, 1.165) is 30.9 Å². The van der Waals surface area contributed by atoms with Gasteiger partial charge in [0.05, 0.1) is 39.3 Å². The van der Waals surface area contributed by atoms with Crippen LogP contribution in [-0.4, -0.2) is 60.0 Å². The fourth-order valence-electron chi connectivity index (χ4n) is 4.04. The van der Waals surface area contributed by atoms with Gasteiger partial charge in [-0.05, 0) is 57.5 Å². The predicted molar refractivity (Wildman–Crippen MR) is 141 cm³/mol. The van der Waals surface area contributed by atoms with E-state index in [4.69, 9.17) is 4.98 Å². The molecule has 1 atom stereocenters. The van der Waals surface area contributed by atoms with Crippen molar-refractivity contribution in [3.8, 4) is 21.8 Å². The van der Waals surface area contributed by atoms with Crippen LogP contribution in [0.3, 0.4) is 0 Å². The number of nitrogens with one attached hydrogen (secondary N) is 3. The number of benzene rings is 1. The molecular formula is C24H31FN6O3S2. The van der Waals surface area contributed by atoms with Crippen LogP contribution in [-0.2, 0) is 10.0 Å². The predicted octanol–water partition coefficient (Wildman–Crippen LogP) is 3.82. The highest BCUT2D eigenvalue weighted by atomic mass is 32.2. The van der Waals surface area contributed by atoms with E-state index in [1.54, 1.807) is 31.3 Å². The molecule has 36 heavy (non-hydrogen) atoms. The first-order valence-corrected chi connectivity index (χ1v) is 14.5. The van der Waals surface area contributed by atoms with Crippen LogP contribution in [0.1, 0.15) is 44.0 Å². The Hall–Kier alpha value is -2.67. The Labute approximate surface area is 214 Å². The summed E-state index contributed by atoms with van der Waals surface area (Å²) in [7, 11) is -3.66. The molecule has 1 aliphatic heterocycles. The number of halogens is 1. The first kappa shape index (κ1) is 26.4. The van der Waals surface area contributed by atoms with E-state index in [1.165, 1.54) is 17.4 Å². The molecule has 1 saturated heterocycles. The van der Waals surface area contributed by atoms with E-state index in [1.807, 2.05) is 6.92 Å². The van der Waals surface area contributed by atoms with Crippen LogP contribution in [0.2, 0.25) is 0 Å². The summed E-state index contributed by atoms with van der Waals surface area (Å²) in [5.41, 5.74) is 1.09. The summed E-state index contributed by atoms with van der Waals surface area (Å²) in [6.07, 6.45) is 3.88. The van der Waals surface area contributed by atoms with Gasteiger partial charge < -0.3 is 15.7 Å². The zero-order valence-corrected chi connectivity index (χ0v) is 21.9. The molecule has 0 radical (unpaired) electrons. The van der Waals surface area contributed by atoms with E-state index in [2.05, 4.69) is 25.3 Å². The van der Waals surface area contributed by atoms with E-state index in [0.29, 0.717) is 28.6 Å². The molecule has 0 amide bonds. The lowest BCUT2D eigenvalue weighted by Gasteiger charge is -2.20.